The zero-order valence-corrected chi connectivity index (χ0v) is 6.83. The van der Waals surface area contributed by atoms with Crippen molar-refractivity contribution < 1.29 is 9.47 Å². The lowest BCUT2D eigenvalue weighted by Gasteiger charge is -2.13. The van der Waals surface area contributed by atoms with Crippen LogP contribution in [-0.2, 0) is 9.47 Å². The van der Waals surface area contributed by atoms with Gasteiger partial charge in [-0.3, -0.25) is 0 Å². The van der Waals surface area contributed by atoms with Crippen LogP contribution in [0.15, 0.2) is 0 Å². The molecule has 1 fully saturated rings. The number of methoxy groups -OCH3 is 2. The van der Waals surface area contributed by atoms with Crippen molar-refractivity contribution >= 4 is 0 Å². The van der Waals surface area contributed by atoms with Gasteiger partial charge in [-0.25, -0.2) is 0 Å². The van der Waals surface area contributed by atoms with E-state index < -0.39 is 0 Å². The van der Waals surface area contributed by atoms with Gasteiger partial charge in [0.1, 0.15) is 0 Å². The smallest absolute Gasteiger partial charge is 0.0971 e. The van der Waals surface area contributed by atoms with E-state index >= 15 is 0 Å². The Hall–Kier alpha value is -0.120. The SMILES string of the molecule is CO[C@H]1CN(C)C[C@@H]1OC. The van der Waals surface area contributed by atoms with Gasteiger partial charge in [0.05, 0.1) is 12.2 Å². The molecule has 1 aliphatic rings. The molecule has 0 aromatic heterocycles. The van der Waals surface area contributed by atoms with Gasteiger partial charge in [0.25, 0.3) is 0 Å². The van der Waals surface area contributed by atoms with E-state index in [1.54, 1.807) is 14.2 Å². The predicted octanol–water partition coefficient (Wildman–Crippen LogP) is -0.0382. The second-order valence-electron chi connectivity index (χ2n) is 2.77. The summed E-state index contributed by atoms with van der Waals surface area (Å²) in [6.45, 7) is 1.96. The minimum atomic E-state index is 0.259. The van der Waals surface area contributed by atoms with Gasteiger partial charge in [-0.2, -0.15) is 0 Å². The number of hydrogen-bond donors (Lipinski definition) is 0. The van der Waals surface area contributed by atoms with Crippen LogP contribution < -0.4 is 0 Å². The van der Waals surface area contributed by atoms with Crippen molar-refractivity contribution in [2.75, 3.05) is 34.4 Å². The summed E-state index contributed by atoms with van der Waals surface area (Å²) in [5, 5.41) is 0. The van der Waals surface area contributed by atoms with Crippen LogP contribution in [0, 0.1) is 0 Å². The van der Waals surface area contributed by atoms with Crippen LogP contribution in [0.5, 0.6) is 0 Å². The number of ether oxygens (including phenoxy) is 2. The Morgan fingerprint density at radius 3 is 1.80 bits per heavy atom. The van der Waals surface area contributed by atoms with Gasteiger partial charge in [-0.1, -0.05) is 0 Å². The maximum atomic E-state index is 5.22. The van der Waals surface area contributed by atoms with E-state index in [1.807, 2.05) is 0 Å². The Morgan fingerprint density at radius 2 is 1.50 bits per heavy atom. The van der Waals surface area contributed by atoms with Crippen molar-refractivity contribution in [1.82, 2.24) is 4.90 Å². The van der Waals surface area contributed by atoms with E-state index in [2.05, 4.69) is 11.9 Å². The molecule has 1 saturated heterocycles. The van der Waals surface area contributed by atoms with Gasteiger partial charge in [-0.15, -0.1) is 0 Å². The molecule has 0 aliphatic carbocycles. The average molecular weight is 145 g/mol. The van der Waals surface area contributed by atoms with Crippen molar-refractivity contribution in [3.8, 4) is 0 Å². The largest absolute Gasteiger partial charge is 0.377 e. The third kappa shape index (κ3) is 1.48. The maximum absolute atomic E-state index is 5.22. The molecule has 0 radical (unpaired) electrons. The first-order valence-corrected chi connectivity index (χ1v) is 3.52. The van der Waals surface area contributed by atoms with Crippen molar-refractivity contribution in [3.63, 3.8) is 0 Å². The number of likely N-dealkylation sites (tertiary alicyclic amines) is 1. The predicted molar refractivity (Wildman–Crippen MR) is 39.1 cm³/mol. The Kier molecular flexibility index (Phi) is 2.65. The van der Waals surface area contributed by atoms with Crippen LogP contribution in [0.3, 0.4) is 0 Å². The van der Waals surface area contributed by atoms with Crippen LogP contribution in [0.4, 0.5) is 0 Å². The first kappa shape index (κ1) is 7.98. The fourth-order valence-electron chi connectivity index (χ4n) is 1.38. The van der Waals surface area contributed by atoms with Crippen LogP contribution >= 0.6 is 0 Å². The minimum absolute atomic E-state index is 0.259. The molecule has 0 bridgehead atoms. The van der Waals surface area contributed by atoms with E-state index in [-0.39, 0.29) is 12.2 Å². The number of nitrogens with zero attached hydrogens (tertiary/aromatic N) is 1. The van der Waals surface area contributed by atoms with E-state index in [4.69, 9.17) is 9.47 Å². The fourth-order valence-corrected chi connectivity index (χ4v) is 1.38. The molecule has 0 spiro atoms. The van der Waals surface area contributed by atoms with Crippen molar-refractivity contribution in [2.24, 2.45) is 0 Å². The molecule has 1 aliphatic heterocycles. The van der Waals surface area contributed by atoms with Gasteiger partial charge in [-0.05, 0) is 7.05 Å². The quantitative estimate of drug-likeness (QED) is 0.544. The van der Waals surface area contributed by atoms with Crippen LogP contribution in [0.1, 0.15) is 0 Å². The highest BCUT2D eigenvalue weighted by molar-refractivity contribution is 4.83. The van der Waals surface area contributed by atoms with Crippen molar-refractivity contribution in [1.29, 1.82) is 0 Å². The van der Waals surface area contributed by atoms with E-state index in [9.17, 15) is 0 Å². The monoisotopic (exact) mass is 145 g/mol. The van der Waals surface area contributed by atoms with Gasteiger partial charge in [0.15, 0.2) is 0 Å². The summed E-state index contributed by atoms with van der Waals surface area (Å²) < 4.78 is 10.4. The summed E-state index contributed by atoms with van der Waals surface area (Å²) in [5.74, 6) is 0. The molecule has 3 nitrogen and oxygen atoms in total. The first-order chi connectivity index (χ1) is 4.77. The number of hydrogen-bond acceptors (Lipinski definition) is 3. The van der Waals surface area contributed by atoms with Crippen molar-refractivity contribution in [3.05, 3.63) is 0 Å². The Morgan fingerprint density at radius 1 is 1.10 bits per heavy atom. The van der Waals surface area contributed by atoms with Crippen LogP contribution in [-0.4, -0.2) is 51.5 Å². The molecule has 10 heavy (non-hydrogen) atoms. The summed E-state index contributed by atoms with van der Waals surface area (Å²) in [6, 6.07) is 0. The van der Waals surface area contributed by atoms with Crippen LogP contribution in [0.25, 0.3) is 0 Å². The molecule has 60 valence electrons. The summed E-state index contributed by atoms with van der Waals surface area (Å²) in [7, 11) is 5.54. The zero-order valence-electron chi connectivity index (χ0n) is 6.83. The molecular formula is C7H15NO2. The first-order valence-electron chi connectivity index (χ1n) is 3.52. The average Bonchev–Trinajstić information content (AvgIpc) is 2.30. The van der Waals surface area contributed by atoms with E-state index in [1.165, 1.54) is 0 Å². The normalized spacial score (nSPS) is 35.1. The lowest BCUT2D eigenvalue weighted by molar-refractivity contribution is -0.00461. The molecule has 0 aromatic carbocycles. The molecule has 3 heteroatoms. The number of likely N-dealkylation sites (N-methyl/N-ethyl adjacent to an activating group) is 1. The van der Waals surface area contributed by atoms with Crippen molar-refractivity contribution in [2.45, 2.75) is 12.2 Å². The minimum Gasteiger partial charge on any atom is -0.377 e. The molecule has 0 unspecified atom stereocenters. The molecule has 0 aromatic rings. The summed E-state index contributed by atoms with van der Waals surface area (Å²) in [5.41, 5.74) is 0. The Balaban J connectivity index is 2.41. The van der Waals surface area contributed by atoms with Crippen LogP contribution in [0.2, 0.25) is 0 Å². The second-order valence-corrected chi connectivity index (χ2v) is 2.77. The van der Waals surface area contributed by atoms with Gasteiger partial charge in [0, 0.05) is 27.3 Å². The highest BCUT2D eigenvalue weighted by atomic mass is 16.5. The second kappa shape index (κ2) is 3.32. The molecule has 0 saturated carbocycles. The Labute approximate surface area is 61.9 Å². The summed E-state index contributed by atoms with van der Waals surface area (Å²) in [4.78, 5) is 2.21. The number of rotatable bonds is 2. The third-order valence-corrected chi connectivity index (χ3v) is 2.00. The molecule has 0 amide bonds. The summed E-state index contributed by atoms with van der Waals surface area (Å²) >= 11 is 0. The highest BCUT2D eigenvalue weighted by Gasteiger charge is 2.30. The molecular weight excluding hydrogens is 130 g/mol. The maximum Gasteiger partial charge on any atom is 0.0971 e. The molecule has 2 atom stereocenters. The summed E-state index contributed by atoms with van der Waals surface area (Å²) in [6.07, 6.45) is 0.519. The van der Waals surface area contributed by atoms with Gasteiger partial charge >= 0.3 is 0 Å². The van der Waals surface area contributed by atoms with E-state index in [0.29, 0.717) is 0 Å². The molecule has 0 N–H and O–H groups in total. The fraction of sp³-hybridized carbons (Fsp3) is 1.00. The lowest BCUT2D eigenvalue weighted by Crippen LogP contribution is -2.27. The molecule has 1 heterocycles. The van der Waals surface area contributed by atoms with Gasteiger partial charge < -0.3 is 14.4 Å². The lowest BCUT2D eigenvalue weighted by atomic mass is 10.3. The highest BCUT2D eigenvalue weighted by Crippen LogP contribution is 2.12. The van der Waals surface area contributed by atoms with Gasteiger partial charge in [0.2, 0.25) is 0 Å². The Bertz CT molecular complexity index is 95.8. The molecule has 1 rings (SSSR count). The zero-order chi connectivity index (χ0) is 7.56. The standard InChI is InChI=1S/C7H15NO2/c1-8-4-6(9-2)7(5-8)10-3/h6-7H,4-5H2,1-3H3/t6-,7-/m0/s1. The van der Waals surface area contributed by atoms with E-state index in [0.717, 1.165) is 13.1 Å². The topological polar surface area (TPSA) is 21.7 Å². The third-order valence-electron chi connectivity index (χ3n) is 2.00.